The maximum absolute atomic E-state index is 12.7. The zero-order valence-corrected chi connectivity index (χ0v) is 24.2. The van der Waals surface area contributed by atoms with Gasteiger partial charge in [0.1, 0.15) is 6.10 Å². The molecule has 6 rings (SSSR count). The number of nitrogens with one attached hydrogen (secondary N) is 1. The van der Waals surface area contributed by atoms with E-state index in [0.717, 1.165) is 32.1 Å². The van der Waals surface area contributed by atoms with Gasteiger partial charge in [0.15, 0.2) is 0 Å². The van der Waals surface area contributed by atoms with Crippen LogP contribution in [0.3, 0.4) is 0 Å². The van der Waals surface area contributed by atoms with Gasteiger partial charge in [-0.1, -0.05) is 13.8 Å². The van der Waals surface area contributed by atoms with Gasteiger partial charge in [-0.3, -0.25) is 4.79 Å². The van der Waals surface area contributed by atoms with Gasteiger partial charge in [0.05, 0.1) is 23.9 Å². The molecular weight excluding hydrogens is 466 g/mol. The Bertz CT molecular complexity index is 944. The molecule has 0 aromatic rings. The van der Waals surface area contributed by atoms with Crippen LogP contribution in [0.1, 0.15) is 99.8 Å². The summed E-state index contributed by atoms with van der Waals surface area (Å²) in [5.74, 6) is 2.19. The molecule has 3 N–H and O–H groups in total. The summed E-state index contributed by atoms with van der Waals surface area (Å²) in [4.78, 5) is 12.7. The summed E-state index contributed by atoms with van der Waals surface area (Å²) in [6.07, 6.45) is 7.06. The third kappa shape index (κ3) is 3.47. The van der Waals surface area contributed by atoms with Crippen LogP contribution in [-0.4, -0.2) is 58.3 Å². The van der Waals surface area contributed by atoms with Gasteiger partial charge in [-0.2, -0.15) is 0 Å². The number of rotatable bonds is 4. The van der Waals surface area contributed by atoms with Crippen molar-refractivity contribution >= 4 is 5.91 Å². The number of amides is 1. The first-order valence-corrected chi connectivity index (χ1v) is 15.2. The monoisotopic (exact) mass is 517 g/mol. The predicted molar refractivity (Wildman–Crippen MR) is 142 cm³/mol. The Hall–Kier alpha value is -0.690. The Morgan fingerprint density at radius 1 is 1.14 bits per heavy atom. The van der Waals surface area contributed by atoms with E-state index in [2.05, 4.69) is 33.0 Å². The number of aliphatic hydroxyl groups is 2. The second-order valence-corrected chi connectivity index (χ2v) is 15.4. The van der Waals surface area contributed by atoms with E-state index in [0.29, 0.717) is 36.7 Å². The van der Waals surface area contributed by atoms with Crippen molar-refractivity contribution in [2.45, 2.75) is 135 Å². The molecule has 6 heteroatoms. The molecule has 12 atom stereocenters. The summed E-state index contributed by atoms with van der Waals surface area (Å²) in [7, 11) is 0. The lowest BCUT2D eigenvalue weighted by Crippen LogP contribution is -2.56. The van der Waals surface area contributed by atoms with Crippen LogP contribution in [0.4, 0.5) is 0 Å². The van der Waals surface area contributed by atoms with Gasteiger partial charge in [-0.15, -0.1) is 0 Å². The average Bonchev–Trinajstić information content (AvgIpc) is 3.43. The molecule has 4 aliphatic carbocycles. The fraction of sp³-hybridized carbons (Fsp3) is 0.968. The van der Waals surface area contributed by atoms with E-state index in [4.69, 9.17) is 9.47 Å². The summed E-state index contributed by atoms with van der Waals surface area (Å²) < 4.78 is 12.8. The Morgan fingerprint density at radius 3 is 2.54 bits per heavy atom. The molecular formula is C31H51NO5. The minimum atomic E-state index is -1.01. The number of fused-ring (bicyclic) bond motifs is 4. The van der Waals surface area contributed by atoms with Gasteiger partial charge in [0.2, 0.25) is 5.91 Å². The van der Waals surface area contributed by atoms with Crippen LogP contribution >= 0.6 is 0 Å². The Morgan fingerprint density at radius 2 is 1.86 bits per heavy atom. The third-order valence-electron chi connectivity index (χ3n) is 12.8. The highest BCUT2D eigenvalue weighted by atomic mass is 16.6. The van der Waals surface area contributed by atoms with Crippen molar-refractivity contribution in [2.75, 3.05) is 6.61 Å². The van der Waals surface area contributed by atoms with Gasteiger partial charge in [-0.05, 0) is 125 Å². The van der Waals surface area contributed by atoms with Crippen LogP contribution < -0.4 is 5.32 Å². The maximum atomic E-state index is 12.7. The number of hydrogen-bond donors (Lipinski definition) is 3. The van der Waals surface area contributed by atoms with E-state index < -0.39 is 17.8 Å². The quantitative estimate of drug-likeness (QED) is 0.513. The van der Waals surface area contributed by atoms with Crippen LogP contribution in [0.2, 0.25) is 0 Å². The fourth-order valence-electron chi connectivity index (χ4n) is 11.8. The molecule has 0 radical (unpaired) electrons. The first-order valence-electron chi connectivity index (χ1n) is 15.2. The van der Waals surface area contributed by atoms with Gasteiger partial charge in [-0.25, -0.2) is 0 Å². The Kier molecular flexibility index (Phi) is 5.86. The van der Waals surface area contributed by atoms with Crippen molar-refractivity contribution in [1.82, 2.24) is 5.32 Å². The number of carbonyl (C=O) groups excluding carboxylic acids is 1. The number of ether oxygens (including phenoxy) is 2. The molecule has 4 saturated carbocycles. The number of hydrogen-bond acceptors (Lipinski definition) is 5. The van der Waals surface area contributed by atoms with Gasteiger partial charge < -0.3 is 25.0 Å². The predicted octanol–water partition coefficient (Wildman–Crippen LogP) is 4.45. The average molecular weight is 518 g/mol. The number of aliphatic hydroxyl groups excluding tert-OH is 1. The van der Waals surface area contributed by atoms with Crippen molar-refractivity contribution in [3.63, 3.8) is 0 Å². The summed E-state index contributed by atoms with van der Waals surface area (Å²) >= 11 is 0. The van der Waals surface area contributed by atoms with Crippen LogP contribution in [-0.2, 0) is 14.3 Å². The molecule has 37 heavy (non-hydrogen) atoms. The van der Waals surface area contributed by atoms with Crippen LogP contribution in [0.15, 0.2) is 0 Å². The van der Waals surface area contributed by atoms with E-state index >= 15 is 0 Å². The van der Waals surface area contributed by atoms with Gasteiger partial charge in [0.25, 0.3) is 0 Å². The zero-order chi connectivity index (χ0) is 26.8. The smallest absolute Gasteiger partial charge is 0.220 e. The van der Waals surface area contributed by atoms with Gasteiger partial charge >= 0.3 is 0 Å². The molecule has 2 aliphatic heterocycles. The standard InChI is InChI=1S/C31H51NO5/c1-8-36-26(28(5,6)35)19-15-17(2)22-25(37-19)24(34)23-18-9-10-20-27(3,4)32-21(33)11-12-31(20)16-30(18,31)14-13-29(22,23)7/h17-20,22-26,34-35H,8-16H2,1-7H3,(H,32,33)/t17-,18+,19-,20+,22+,23?,24-,25+,26+,29-,30+,31?/m1/s1. The maximum Gasteiger partial charge on any atom is 0.220 e. The highest BCUT2D eigenvalue weighted by Crippen LogP contribution is 2.85. The van der Waals surface area contributed by atoms with Crippen molar-refractivity contribution < 1.29 is 24.5 Å². The summed E-state index contributed by atoms with van der Waals surface area (Å²) in [5, 5.41) is 26.4. The third-order valence-corrected chi connectivity index (χ3v) is 12.8. The molecule has 6 aliphatic rings. The van der Waals surface area contributed by atoms with E-state index in [1.54, 1.807) is 0 Å². The molecule has 2 saturated heterocycles. The van der Waals surface area contributed by atoms with Crippen LogP contribution in [0, 0.1) is 45.8 Å². The number of carbonyl (C=O) groups is 1. The normalized spacial score (nSPS) is 52.9. The van der Waals surface area contributed by atoms with E-state index in [1.165, 1.54) is 12.8 Å². The molecule has 2 heterocycles. The molecule has 6 nitrogen and oxygen atoms in total. The lowest BCUT2D eigenvalue weighted by molar-refractivity contribution is -0.214. The molecule has 2 spiro atoms. The lowest BCUT2D eigenvalue weighted by Gasteiger charge is -2.57. The van der Waals surface area contributed by atoms with Crippen LogP contribution in [0.5, 0.6) is 0 Å². The summed E-state index contributed by atoms with van der Waals surface area (Å²) in [5.41, 5.74) is -0.606. The summed E-state index contributed by atoms with van der Waals surface area (Å²) in [6, 6.07) is 0. The minimum Gasteiger partial charge on any atom is -0.390 e. The first kappa shape index (κ1) is 26.5. The van der Waals surface area contributed by atoms with E-state index in [9.17, 15) is 15.0 Å². The van der Waals surface area contributed by atoms with Crippen molar-refractivity contribution in [2.24, 2.45) is 45.8 Å². The SMILES string of the molecule is CCO[C@@H]([C@H]1C[C@@H](C)[C@H]2[C@H](O1)[C@H](O)C1[C@@H]3CC[C@H]4C(C)(C)NC(=O)CCC45C[C@@]35CC[C@@]12C)C(C)(C)O. The molecule has 0 aromatic heterocycles. The second-order valence-electron chi connectivity index (χ2n) is 15.4. The second kappa shape index (κ2) is 8.17. The molecule has 0 bridgehead atoms. The van der Waals surface area contributed by atoms with Gasteiger partial charge in [0, 0.05) is 18.6 Å². The lowest BCUT2D eigenvalue weighted by atomic mass is 9.48. The zero-order valence-electron chi connectivity index (χ0n) is 24.2. The molecule has 0 aromatic carbocycles. The first-order chi connectivity index (χ1) is 17.2. The molecule has 210 valence electrons. The molecule has 6 fully saturated rings. The van der Waals surface area contributed by atoms with E-state index in [-0.39, 0.29) is 45.8 Å². The van der Waals surface area contributed by atoms with E-state index in [1.807, 2.05) is 20.8 Å². The topological polar surface area (TPSA) is 88.0 Å². The fourth-order valence-corrected chi connectivity index (χ4v) is 11.8. The largest absolute Gasteiger partial charge is 0.390 e. The molecule has 2 unspecified atom stereocenters. The van der Waals surface area contributed by atoms with Crippen molar-refractivity contribution in [3.8, 4) is 0 Å². The van der Waals surface area contributed by atoms with Crippen LogP contribution in [0.25, 0.3) is 0 Å². The molecule has 1 amide bonds. The highest BCUT2D eigenvalue weighted by molar-refractivity contribution is 5.77. The highest BCUT2D eigenvalue weighted by Gasteiger charge is 2.81. The Labute approximate surface area is 223 Å². The Balaban J connectivity index is 1.32. The minimum absolute atomic E-state index is 0.0607. The summed E-state index contributed by atoms with van der Waals surface area (Å²) in [6.45, 7) is 15.4. The van der Waals surface area contributed by atoms with Crippen molar-refractivity contribution in [3.05, 3.63) is 0 Å². The van der Waals surface area contributed by atoms with Crippen molar-refractivity contribution in [1.29, 1.82) is 0 Å².